The fourth-order valence-corrected chi connectivity index (χ4v) is 2.05. The Labute approximate surface area is 111 Å². The zero-order chi connectivity index (χ0) is 13.7. The van der Waals surface area contributed by atoms with Crippen molar-refractivity contribution >= 4 is 11.8 Å². The van der Waals surface area contributed by atoms with Crippen molar-refractivity contribution < 1.29 is 14.0 Å². The molecule has 0 aliphatic carbocycles. The van der Waals surface area contributed by atoms with E-state index >= 15 is 0 Å². The molecule has 2 heterocycles. The van der Waals surface area contributed by atoms with Crippen molar-refractivity contribution in [3.05, 3.63) is 24.2 Å². The first-order valence-electron chi connectivity index (χ1n) is 6.52. The van der Waals surface area contributed by atoms with Crippen LogP contribution in [-0.2, 0) is 4.79 Å². The summed E-state index contributed by atoms with van der Waals surface area (Å²) in [6, 6.07) is 2.95. The Morgan fingerprint density at radius 2 is 2.42 bits per heavy atom. The number of carbonyl (C=O) groups excluding carboxylic acids is 2. The van der Waals surface area contributed by atoms with Gasteiger partial charge in [-0.05, 0) is 38.4 Å². The van der Waals surface area contributed by atoms with Gasteiger partial charge in [0.25, 0.3) is 5.91 Å². The molecule has 104 valence electrons. The maximum atomic E-state index is 11.8. The van der Waals surface area contributed by atoms with E-state index in [0.29, 0.717) is 12.6 Å². The molecular formula is C13H19N3O3. The minimum Gasteiger partial charge on any atom is -0.459 e. The molecule has 0 spiro atoms. The minimum absolute atomic E-state index is 0.186. The van der Waals surface area contributed by atoms with Crippen LogP contribution < -0.4 is 16.0 Å². The smallest absolute Gasteiger partial charge is 0.287 e. The summed E-state index contributed by atoms with van der Waals surface area (Å²) in [5.41, 5.74) is 0. The molecule has 1 fully saturated rings. The van der Waals surface area contributed by atoms with Crippen molar-refractivity contribution in [3.63, 3.8) is 0 Å². The van der Waals surface area contributed by atoms with E-state index in [9.17, 15) is 9.59 Å². The standard InChI is InChI=1S/C13H19N3O3/c1-9(16-13(18)11-5-3-7-19-11)12(17)15-8-10-4-2-6-14-10/h3,5,7,9-10,14H,2,4,6,8H2,1H3,(H,15,17)(H,16,18). The zero-order valence-electron chi connectivity index (χ0n) is 10.9. The van der Waals surface area contributed by atoms with Crippen LogP contribution in [0.2, 0.25) is 0 Å². The molecule has 2 unspecified atom stereocenters. The number of nitrogens with one attached hydrogen (secondary N) is 3. The Morgan fingerprint density at radius 3 is 3.05 bits per heavy atom. The fraction of sp³-hybridized carbons (Fsp3) is 0.538. The zero-order valence-corrected chi connectivity index (χ0v) is 10.9. The Balaban J connectivity index is 1.74. The molecule has 0 saturated carbocycles. The van der Waals surface area contributed by atoms with Gasteiger partial charge in [-0.1, -0.05) is 0 Å². The second kappa shape index (κ2) is 6.38. The molecule has 0 radical (unpaired) electrons. The Hall–Kier alpha value is -1.82. The third kappa shape index (κ3) is 3.82. The van der Waals surface area contributed by atoms with Crippen molar-refractivity contribution in [2.45, 2.75) is 31.8 Å². The lowest BCUT2D eigenvalue weighted by atomic mass is 10.2. The van der Waals surface area contributed by atoms with E-state index in [-0.39, 0.29) is 17.6 Å². The molecule has 1 aliphatic rings. The molecule has 1 aromatic rings. The number of amides is 2. The molecular weight excluding hydrogens is 246 g/mol. The van der Waals surface area contributed by atoms with Gasteiger partial charge in [-0.2, -0.15) is 0 Å². The fourth-order valence-electron chi connectivity index (χ4n) is 2.05. The molecule has 1 aliphatic heterocycles. The summed E-state index contributed by atoms with van der Waals surface area (Å²) in [6.07, 6.45) is 3.64. The first kappa shape index (κ1) is 13.6. The normalized spacial score (nSPS) is 19.9. The lowest BCUT2D eigenvalue weighted by molar-refractivity contribution is -0.122. The van der Waals surface area contributed by atoms with Gasteiger partial charge >= 0.3 is 0 Å². The van der Waals surface area contributed by atoms with Crippen LogP contribution in [0.25, 0.3) is 0 Å². The predicted molar refractivity (Wildman–Crippen MR) is 69.7 cm³/mol. The molecule has 3 N–H and O–H groups in total. The third-order valence-corrected chi connectivity index (χ3v) is 3.17. The summed E-state index contributed by atoms with van der Waals surface area (Å²) in [5, 5.41) is 8.72. The molecule has 2 rings (SSSR count). The van der Waals surface area contributed by atoms with E-state index in [1.165, 1.54) is 6.26 Å². The van der Waals surface area contributed by atoms with Crippen molar-refractivity contribution in [1.82, 2.24) is 16.0 Å². The van der Waals surface area contributed by atoms with Crippen molar-refractivity contribution in [1.29, 1.82) is 0 Å². The van der Waals surface area contributed by atoms with Crippen LogP contribution in [0.15, 0.2) is 22.8 Å². The molecule has 1 aromatic heterocycles. The van der Waals surface area contributed by atoms with Gasteiger partial charge in [0, 0.05) is 12.6 Å². The van der Waals surface area contributed by atoms with Crippen LogP contribution in [0.5, 0.6) is 0 Å². The Kier molecular flexibility index (Phi) is 4.57. The van der Waals surface area contributed by atoms with Crippen LogP contribution >= 0.6 is 0 Å². The second-order valence-corrected chi connectivity index (χ2v) is 4.71. The van der Waals surface area contributed by atoms with Crippen LogP contribution in [-0.4, -0.2) is 37.0 Å². The molecule has 6 heteroatoms. The monoisotopic (exact) mass is 265 g/mol. The quantitative estimate of drug-likeness (QED) is 0.713. The SMILES string of the molecule is CC(NC(=O)c1ccco1)C(=O)NCC1CCCN1. The highest BCUT2D eigenvalue weighted by Gasteiger charge is 2.20. The van der Waals surface area contributed by atoms with E-state index in [1.54, 1.807) is 19.1 Å². The number of carbonyl (C=O) groups is 2. The van der Waals surface area contributed by atoms with Crippen LogP contribution in [0.3, 0.4) is 0 Å². The first-order valence-corrected chi connectivity index (χ1v) is 6.52. The van der Waals surface area contributed by atoms with Crippen LogP contribution in [0.1, 0.15) is 30.3 Å². The number of hydrogen-bond donors (Lipinski definition) is 3. The molecule has 0 bridgehead atoms. The van der Waals surface area contributed by atoms with Gasteiger partial charge in [0.05, 0.1) is 6.26 Å². The largest absolute Gasteiger partial charge is 0.459 e. The summed E-state index contributed by atoms with van der Waals surface area (Å²) >= 11 is 0. The van der Waals surface area contributed by atoms with Gasteiger partial charge in [0.2, 0.25) is 5.91 Å². The van der Waals surface area contributed by atoms with Crippen molar-refractivity contribution in [3.8, 4) is 0 Å². The van der Waals surface area contributed by atoms with E-state index < -0.39 is 6.04 Å². The van der Waals surface area contributed by atoms with E-state index in [4.69, 9.17) is 4.42 Å². The lowest BCUT2D eigenvalue weighted by Gasteiger charge is -2.16. The summed E-state index contributed by atoms with van der Waals surface area (Å²) < 4.78 is 4.96. The number of hydrogen-bond acceptors (Lipinski definition) is 4. The van der Waals surface area contributed by atoms with Crippen LogP contribution in [0, 0.1) is 0 Å². The molecule has 19 heavy (non-hydrogen) atoms. The second-order valence-electron chi connectivity index (χ2n) is 4.71. The molecule has 6 nitrogen and oxygen atoms in total. The maximum Gasteiger partial charge on any atom is 0.287 e. The highest BCUT2D eigenvalue weighted by atomic mass is 16.3. The average molecular weight is 265 g/mol. The summed E-state index contributed by atoms with van der Waals surface area (Å²) in [6.45, 7) is 3.25. The molecule has 0 aromatic carbocycles. The van der Waals surface area contributed by atoms with Gasteiger partial charge in [-0.3, -0.25) is 9.59 Å². The van der Waals surface area contributed by atoms with Gasteiger partial charge in [0.15, 0.2) is 5.76 Å². The van der Waals surface area contributed by atoms with Gasteiger partial charge in [-0.25, -0.2) is 0 Å². The maximum absolute atomic E-state index is 11.8. The molecule has 2 atom stereocenters. The Bertz CT molecular complexity index is 424. The third-order valence-electron chi connectivity index (χ3n) is 3.17. The van der Waals surface area contributed by atoms with Crippen molar-refractivity contribution in [2.24, 2.45) is 0 Å². The van der Waals surface area contributed by atoms with E-state index in [1.807, 2.05) is 0 Å². The highest BCUT2D eigenvalue weighted by Crippen LogP contribution is 2.03. The topological polar surface area (TPSA) is 83.4 Å². The predicted octanol–water partition coefficient (Wildman–Crippen LogP) is 0.266. The van der Waals surface area contributed by atoms with Gasteiger partial charge < -0.3 is 20.4 Å². The number of rotatable bonds is 5. The first-order chi connectivity index (χ1) is 9.16. The van der Waals surface area contributed by atoms with Crippen LogP contribution in [0.4, 0.5) is 0 Å². The Morgan fingerprint density at radius 1 is 1.58 bits per heavy atom. The lowest BCUT2D eigenvalue weighted by Crippen LogP contribution is -2.47. The summed E-state index contributed by atoms with van der Waals surface area (Å²) in [5.74, 6) is -0.364. The summed E-state index contributed by atoms with van der Waals surface area (Å²) in [7, 11) is 0. The van der Waals surface area contributed by atoms with Gasteiger partial charge in [-0.15, -0.1) is 0 Å². The van der Waals surface area contributed by atoms with E-state index in [2.05, 4.69) is 16.0 Å². The minimum atomic E-state index is -0.584. The number of furan rings is 1. The van der Waals surface area contributed by atoms with Gasteiger partial charge in [0.1, 0.15) is 6.04 Å². The summed E-state index contributed by atoms with van der Waals surface area (Å²) in [4.78, 5) is 23.5. The van der Waals surface area contributed by atoms with Crippen molar-refractivity contribution in [2.75, 3.05) is 13.1 Å². The average Bonchev–Trinajstić information content (AvgIpc) is 3.08. The van der Waals surface area contributed by atoms with E-state index in [0.717, 1.165) is 19.4 Å². The highest BCUT2D eigenvalue weighted by molar-refractivity contribution is 5.95. The molecule has 2 amide bonds. The molecule has 1 saturated heterocycles.